The maximum absolute atomic E-state index is 10.4. The summed E-state index contributed by atoms with van der Waals surface area (Å²) in [5.74, 6) is 3.01. The van der Waals surface area contributed by atoms with Crippen LogP contribution in [0.4, 0.5) is 5.82 Å². The minimum atomic E-state index is -0.523. The molecule has 32 heavy (non-hydrogen) atoms. The molecule has 1 N–H and O–H groups in total. The SMILES string of the molecule is Cc1nc(N2C[C@@H]3C[C@H]2CO3)cc(-n2ncc3cc(C)c([C@H]4CC[C@@](C)(O)CC4)cc32)n1. The number of hydrogen-bond acceptors (Lipinski definition) is 6. The highest BCUT2D eigenvalue weighted by Crippen LogP contribution is 2.40. The molecule has 2 bridgehead atoms. The summed E-state index contributed by atoms with van der Waals surface area (Å²) < 4.78 is 7.73. The van der Waals surface area contributed by atoms with E-state index in [0.29, 0.717) is 18.1 Å². The van der Waals surface area contributed by atoms with Crippen LogP contribution in [0.2, 0.25) is 0 Å². The molecule has 7 heteroatoms. The van der Waals surface area contributed by atoms with Gasteiger partial charge in [-0.3, -0.25) is 0 Å². The quantitative estimate of drug-likeness (QED) is 0.677. The summed E-state index contributed by atoms with van der Waals surface area (Å²) >= 11 is 0. The first-order valence-corrected chi connectivity index (χ1v) is 11.8. The molecule has 6 rings (SSSR count). The fourth-order valence-electron chi connectivity index (χ4n) is 5.85. The maximum atomic E-state index is 10.4. The van der Waals surface area contributed by atoms with Crippen molar-refractivity contribution >= 4 is 16.7 Å². The van der Waals surface area contributed by atoms with Gasteiger partial charge in [0.1, 0.15) is 11.6 Å². The Hall–Kier alpha value is -2.51. The van der Waals surface area contributed by atoms with Crippen LogP contribution in [-0.2, 0) is 4.74 Å². The summed E-state index contributed by atoms with van der Waals surface area (Å²) in [4.78, 5) is 11.8. The third kappa shape index (κ3) is 3.39. The highest BCUT2D eigenvalue weighted by Gasteiger charge is 2.40. The molecular weight excluding hydrogens is 402 g/mol. The van der Waals surface area contributed by atoms with Gasteiger partial charge in [0.05, 0.1) is 36.1 Å². The number of fused-ring (bicyclic) bond motifs is 3. The van der Waals surface area contributed by atoms with Crippen LogP contribution in [-0.4, -0.2) is 55.8 Å². The lowest BCUT2D eigenvalue weighted by atomic mass is 9.76. The van der Waals surface area contributed by atoms with Crippen LogP contribution in [0.3, 0.4) is 0 Å². The largest absolute Gasteiger partial charge is 0.390 e. The van der Waals surface area contributed by atoms with E-state index in [1.165, 1.54) is 11.1 Å². The molecule has 2 aliphatic heterocycles. The monoisotopic (exact) mass is 433 g/mol. The van der Waals surface area contributed by atoms with Gasteiger partial charge in [0.2, 0.25) is 0 Å². The molecule has 3 aliphatic rings. The van der Waals surface area contributed by atoms with Crippen LogP contribution in [0.5, 0.6) is 0 Å². The van der Waals surface area contributed by atoms with Crippen molar-refractivity contribution in [1.29, 1.82) is 0 Å². The van der Waals surface area contributed by atoms with Crippen LogP contribution in [0, 0.1) is 13.8 Å². The minimum absolute atomic E-state index is 0.325. The highest BCUT2D eigenvalue weighted by molar-refractivity contribution is 5.82. The molecule has 1 aromatic carbocycles. The Morgan fingerprint density at radius 2 is 1.88 bits per heavy atom. The van der Waals surface area contributed by atoms with Crippen LogP contribution in [0.15, 0.2) is 24.4 Å². The smallest absolute Gasteiger partial charge is 0.159 e. The van der Waals surface area contributed by atoms with Crippen molar-refractivity contribution in [3.05, 3.63) is 41.3 Å². The van der Waals surface area contributed by atoms with E-state index in [-0.39, 0.29) is 0 Å². The van der Waals surface area contributed by atoms with Crippen molar-refractivity contribution in [2.75, 3.05) is 18.1 Å². The number of aryl methyl sites for hydroxylation is 2. The summed E-state index contributed by atoms with van der Waals surface area (Å²) in [5.41, 5.74) is 3.23. The van der Waals surface area contributed by atoms with Crippen molar-refractivity contribution in [1.82, 2.24) is 19.7 Å². The Balaban J connectivity index is 1.38. The second-order valence-electron chi connectivity index (χ2n) is 10.2. The Morgan fingerprint density at radius 3 is 2.59 bits per heavy atom. The molecular formula is C25H31N5O2. The molecule has 7 nitrogen and oxygen atoms in total. The molecule has 2 saturated heterocycles. The van der Waals surface area contributed by atoms with Crippen molar-refractivity contribution in [2.24, 2.45) is 0 Å². The first-order valence-electron chi connectivity index (χ1n) is 11.8. The lowest BCUT2D eigenvalue weighted by Crippen LogP contribution is -2.37. The van der Waals surface area contributed by atoms with E-state index in [4.69, 9.17) is 19.8 Å². The van der Waals surface area contributed by atoms with Gasteiger partial charge < -0.3 is 14.7 Å². The summed E-state index contributed by atoms with van der Waals surface area (Å²) in [6.45, 7) is 7.78. The molecule has 4 heterocycles. The second kappa shape index (κ2) is 7.25. The predicted molar refractivity (Wildman–Crippen MR) is 123 cm³/mol. The second-order valence-corrected chi connectivity index (χ2v) is 10.2. The average Bonchev–Trinajstić information content (AvgIpc) is 3.48. The number of morpholine rings is 1. The van der Waals surface area contributed by atoms with Crippen LogP contribution < -0.4 is 4.90 Å². The van der Waals surface area contributed by atoms with Crippen LogP contribution in [0.1, 0.15) is 61.9 Å². The topological polar surface area (TPSA) is 76.3 Å². The molecule has 2 atom stereocenters. The molecule has 0 unspecified atom stereocenters. The molecule has 0 spiro atoms. The van der Waals surface area contributed by atoms with E-state index in [1.807, 2.05) is 24.7 Å². The number of ether oxygens (including phenoxy) is 1. The van der Waals surface area contributed by atoms with E-state index in [2.05, 4.69) is 30.0 Å². The van der Waals surface area contributed by atoms with E-state index in [0.717, 1.165) is 73.6 Å². The van der Waals surface area contributed by atoms with E-state index in [1.54, 1.807) is 0 Å². The molecule has 3 fully saturated rings. The zero-order chi connectivity index (χ0) is 22.0. The van der Waals surface area contributed by atoms with Crippen molar-refractivity contribution in [2.45, 2.75) is 76.5 Å². The van der Waals surface area contributed by atoms with Gasteiger partial charge >= 0.3 is 0 Å². The maximum Gasteiger partial charge on any atom is 0.159 e. The number of aromatic nitrogens is 4. The number of benzene rings is 1. The van der Waals surface area contributed by atoms with Gasteiger partial charge in [-0.1, -0.05) is 0 Å². The van der Waals surface area contributed by atoms with Gasteiger partial charge in [-0.2, -0.15) is 5.10 Å². The molecule has 1 aliphatic carbocycles. The Labute approximate surface area is 188 Å². The molecule has 3 aromatic rings. The number of aliphatic hydroxyl groups is 1. The molecule has 2 aromatic heterocycles. The standard InChI is InChI=1S/C25H31N5O2/c1-15-8-18-12-26-30(22(18)10-21(15)17-4-6-25(3,31)7-5-17)24-11-23(27-16(2)28-24)29-13-20-9-19(29)14-32-20/h8,10-12,17,19-20,31H,4-7,9,13-14H2,1-3H3/t17-,19-,20-,25+/m0/s1. The van der Waals surface area contributed by atoms with Gasteiger partial charge in [-0.15, -0.1) is 0 Å². The van der Waals surface area contributed by atoms with E-state index in [9.17, 15) is 5.11 Å². The van der Waals surface area contributed by atoms with Crippen molar-refractivity contribution in [3.8, 4) is 5.82 Å². The van der Waals surface area contributed by atoms with Crippen LogP contribution in [0.25, 0.3) is 16.7 Å². The summed E-state index contributed by atoms with van der Waals surface area (Å²) in [5, 5.41) is 16.2. The van der Waals surface area contributed by atoms with Gasteiger partial charge in [0, 0.05) is 18.0 Å². The summed E-state index contributed by atoms with van der Waals surface area (Å²) in [6.07, 6.45) is 7.08. The minimum Gasteiger partial charge on any atom is -0.390 e. The predicted octanol–water partition coefficient (Wildman–Crippen LogP) is 3.82. The molecule has 168 valence electrons. The normalized spacial score (nSPS) is 29.9. The zero-order valence-electron chi connectivity index (χ0n) is 19.1. The number of nitrogens with zero attached hydrogens (tertiary/aromatic N) is 5. The number of anilines is 1. The lowest BCUT2D eigenvalue weighted by molar-refractivity contribution is 0.0171. The zero-order valence-corrected chi connectivity index (χ0v) is 19.1. The Kier molecular flexibility index (Phi) is 4.56. The summed E-state index contributed by atoms with van der Waals surface area (Å²) in [7, 11) is 0. The van der Waals surface area contributed by atoms with Gasteiger partial charge in [-0.05, 0) is 82.1 Å². The van der Waals surface area contributed by atoms with E-state index >= 15 is 0 Å². The Morgan fingerprint density at radius 1 is 1.09 bits per heavy atom. The first kappa shape index (κ1) is 20.1. The van der Waals surface area contributed by atoms with Gasteiger partial charge in [-0.25, -0.2) is 14.6 Å². The summed E-state index contributed by atoms with van der Waals surface area (Å²) in [6, 6.07) is 7.02. The molecule has 1 saturated carbocycles. The Bertz CT molecular complexity index is 1180. The van der Waals surface area contributed by atoms with Gasteiger partial charge in [0.15, 0.2) is 5.82 Å². The van der Waals surface area contributed by atoms with Crippen LogP contribution >= 0.6 is 0 Å². The third-order valence-electron chi connectivity index (χ3n) is 7.68. The molecule has 0 radical (unpaired) electrons. The molecule has 0 amide bonds. The fraction of sp³-hybridized carbons (Fsp3) is 0.560. The van der Waals surface area contributed by atoms with Crippen molar-refractivity contribution < 1.29 is 9.84 Å². The third-order valence-corrected chi connectivity index (χ3v) is 7.68. The number of hydrogen-bond donors (Lipinski definition) is 1. The highest BCUT2D eigenvalue weighted by atomic mass is 16.5. The van der Waals surface area contributed by atoms with Gasteiger partial charge in [0.25, 0.3) is 0 Å². The average molecular weight is 434 g/mol. The first-order chi connectivity index (χ1) is 15.4. The fourth-order valence-corrected chi connectivity index (χ4v) is 5.85. The lowest BCUT2D eigenvalue weighted by Gasteiger charge is -2.34. The number of rotatable bonds is 3. The van der Waals surface area contributed by atoms with E-state index < -0.39 is 5.60 Å². The van der Waals surface area contributed by atoms with Crippen molar-refractivity contribution in [3.63, 3.8) is 0 Å².